The first-order chi connectivity index (χ1) is 16.0. The molecule has 4 rings (SSSR count). The number of halogens is 1. The molecule has 0 unspecified atom stereocenters. The van der Waals surface area contributed by atoms with Gasteiger partial charge in [-0.05, 0) is 73.4 Å². The van der Waals surface area contributed by atoms with Crippen LogP contribution in [0.3, 0.4) is 0 Å². The quantitative estimate of drug-likeness (QED) is 0.632. The number of rotatable bonds is 2. The summed E-state index contributed by atoms with van der Waals surface area (Å²) in [5, 5.41) is 3.67. The first kappa shape index (κ1) is 23.6. The van der Waals surface area contributed by atoms with Gasteiger partial charge in [0.2, 0.25) is 0 Å². The normalized spacial score (nSPS) is 19.0. The predicted molar refractivity (Wildman–Crippen MR) is 131 cm³/mol. The van der Waals surface area contributed by atoms with Crippen LogP contribution in [0.25, 0.3) is 0 Å². The molecule has 2 aliphatic heterocycles. The number of carbonyl (C=O) groups excluding carboxylic acids is 2. The Morgan fingerprint density at radius 1 is 1.06 bits per heavy atom. The molecule has 0 radical (unpaired) electrons. The molecule has 1 fully saturated rings. The second kappa shape index (κ2) is 10.6. The Balaban J connectivity index is 1.44. The van der Waals surface area contributed by atoms with Gasteiger partial charge in [-0.1, -0.05) is 43.5 Å². The van der Waals surface area contributed by atoms with E-state index >= 15 is 0 Å². The average molecular weight is 469 g/mol. The van der Waals surface area contributed by atoms with E-state index in [0.717, 1.165) is 63.6 Å². The molecule has 1 N–H and O–H groups in total. The summed E-state index contributed by atoms with van der Waals surface area (Å²) in [7, 11) is 0. The largest absolute Gasteiger partial charge is 0.493 e. The molecule has 0 aliphatic carbocycles. The van der Waals surface area contributed by atoms with Gasteiger partial charge in [-0.15, -0.1) is 0 Å². The Kier molecular flexibility index (Phi) is 7.59. The van der Waals surface area contributed by atoms with Gasteiger partial charge in [-0.2, -0.15) is 0 Å². The van der Waals surface area contributed by atoms with Gasteiger partial charge in [0.15, 0.2) is 0 Å². The van der Waals surface area contributed by atoms with Crippen LogP contribution in [0.2, 0.25) is 5.02 Å². The summed E-state index contributed by atoms with van der Waals surface area (Å²) >= 11 is 6.15. The maximum Gasteiger partial charge on any atom is 0.255 e. The number of aryl methyl sites for hydroxylation is 1. The summed E-state index contributed by atoms with van der Waals surface area (Å²) < 4.78 is 5.86. The van der Waals surface area contributed by atoms with Crippen molar-refractivity contribution < 1.29 is 14.3 Å². The second-order valence-corrected chi connectivity index (χ2v) is 9.76. The van der Waals surface area contributed by atoms with Crippen LogP contribution in [0.1, 0.15) is 71.7 Å². The molecule has 5 nitrogen and oxygen atoms in total. The summed E-state index contributed by atoms with van der Waals surface area (Å²) in [6.45, 7) is 4.74. The number of nitrogens with one attached hydrogen (secondary N) is 1. The molecule has 0 atom stereocenters. The number of ether oxygens (including phenoxy) is 1. The van der Waals surface area contributed by atoms with Gasteiger partial charge >= 0.3 is 0 Å². The Hall–Kier alpha value is -2.53. The van der Waals surface area contributed by atoms with Crippen molar-refractivity contribution in [2.45, 2.75) is 51.9 Å². The van der Waals surface area contributed by atoms with Crippen molar-refractivity contribution >= 4 is 23.4 Å². The third-order valence-electron chi connectivity index (χ3n) is 7.14. The number of amides is 2. The molecule has 2 aliphatic rings. The zero-order valence-electron chi connectivity index (χ0n) is 19.4. The molecular weight excluding hydrogens is 436 g/mol. The van der Waals surface area contributed by atoms with E-state index in [0.29, 0.717) is 29.5 Å². The van der Waals surface area contributed by atoms with Gasteiger partial charge in [-0.25, -0.2) is 0 Å². The predicted octanol–water partition coefficient (Wildman–Crippen LogP) is 5.51. The monoisotopic (exact) mass is 468 g/mol. The van der Waals surface area contributed by atoms with Crippen LogP contribution < -0.4 is 10.1 Å². The number of hydrogen-bond acceptors (Lipinski definition) is 3. The van der Waals surface area contributed by atoms with E-state index in [1.807, 2.05) is 29.2 Å². The molecule has 2 aromatic rings. The lowest BCUT2D eigenvalue weighted by Crippen LogP contribution is -2.48. The Morgan fingerprint density at radius 3 is 2.55 bits per heavy atom. The highest BCUT2D eigenvalue weighted by Gasteiger charge is 2.36. The summed E-state index contributed by atoms with van der Waals surface area (Å²) in [5.74, 6) is 0.536. The third-order valence-corrected chi connectivity index (χ3v) is 7.37. The van der Waals surface area contributed by atoms with Gasteiger partial charge in [0.25, 0.3) is 11.8 Å². The minimum absolute atomic E-state index is 0.0112. The van der Waals surface area contributed by atoms with Gasteiger partial charge < -0.3 is 15.0 Å². The van der Waals surface area contributed by atoms with Crippen molar-refractivity contribution in [1.29, 1.82) is 0 Å². The smallest absolute Gasteiger partial charge is 0.255 e. The van der Waals surface area contributed by atoms with Crippen LogP contribution >= 0.6 is 11.6 Å². The number of hydrogen-bond donors (Lipinski definition) is 1. The van der Waals surface area contributed by atoms with Gasteiger partial charge in [0.1, 0.15) is 5.75 Å². The first-order valence-corrected chi connectivity index (χ1v) is 12.5. The Bertz CT molecular complexity index is 981. The van der Waals surface area contributed by atoms with Crippen LogP contribution in [0.5, 0.6) is 5.75 Å². The van der Waals surface area contributed by atoms with E-state index in [1.165, 1.54) is 5.56 Å². The van der Waals surface area contributed by atoms with Crippen molar-refractivity contribution in [3.05, 3.63) is 64.2 Å². The summed E-state index contributed by atoms with van der Waals surface area (Å²) in [6.07, 6.45) is 6.94. The molecule has 0 aromatic heterocycles. The average Bonchev–Trinajstić information content (AvgIpc) is 2.85. The SMILES string of the molecule is CCc1ccc(C(=O)N2CCC3(CCCCCOc4ccc(Cl)cc4C(=O)NC3)CC2)cc1. The number of nitrogens with zero attached hydrogens (tertiary/aromatic N) is 1. The minimum Gasteiger partial charge on any atom is -0.493 e. The van der Waals surface area contributed by atoms with Crippen LogP contribution in [0.15, 0.2) is 42.5 Å². The lowest BCUT2D eigenvalue weighted by Gasteiger charge is -2.42. The number of carbonyl (C=O) groups is 2. The number of benzene rings is 2. The van der Waals surface area contributed by atoms with Crippen molar-refractivity contribution in [1.82, 2.24) is 10.2 Å². The van der Waals surface area contributed by atoms with Gasteiger partial charge in [0.05, 0.1) is 12.2 Å². The highest BCUT2D eigenvalue weighted by atomic mass is 35.5. The molecule has 2 heterocycles. The Morgan fingerprint density at radius 2 is 1.82 bits per heavy atom. The van der Waals surface area contributed by atoms with E-state index in [2.05, 4.69) is 12.2 Å². The molecular formula is C27H33ClN2O3. The fourth-order valence-corrected chi connectivity index (χ4v) is 5.07. The maximum absolute atomic E-state index is 13.0. The standard InChI is InChI=1S/C27H33ClN2O3/c1-2-20-6-8-21(9-7-20)26(32)30-15-13-27(14-16-30)12-4-3-5-17-33-24-11-10-22(28)18-23(24)25(31)29-19-27/h6-11,18H,2-5,12-17,19H2,1H3,(H,29,31). The van der Waals surface area contributed by atoms with Crippen molar-refractivity contribution in [2.75, 3.05) is 26.2 Å². The fourth-order valence-electron chi connectivity index (χ4n) is 4.89. The number of likely N-dealkylation sites (tertiary alicyclic amines) is 1. The Labute approximate surface area is 201 Å². The first-order valence-electron chi connectivity index (χ1n) is 12.1. The lowest BCUT2D eigenvalue weighted by molar-refractivity contribution is 0.0533. The highest BCUT2D eigenvalue weighted by molar-refractivity contribution is 6.31. The summed E-state index contributed by atoms with van der Waals surface area (Å²) in [5.41, 5.74) is 2.49. The van der Waals surface area contributed by atoms with Gasteiger partial charge in [-0.3, -0.25) is 9.59 Å². The van der Waals surface area contributed by atoms with Gasteiger partial charge in [0, 0.05) is 30.2 Å². The number of fused-ring (bicyclic) bond motifs is 1. The van der Waals surface area contributed by atoms with E-state index in [4.69, 9.17) is 16.3 Å². The zero-order valence-corrected chi connectivity index (χ0v) is 20.1. The van der Waals surface area contributed by atoms with E-state index in [1.54, 1.807) is 18.2 Å². The highest BCUT2D eigenvalue weighted by Crippen LogP contribution is 2.37. The van der Waals surface area contributed by atoms with E-state index in [9.17, 15) is 9.59 Å². The lowest BCUT2D eigenvalue weighted by atomic mass is 9.74. The van der Waals surface area contributed by atoms with Crippen LogP contribution in [-0.4, -0.2) is 43.0 Å². The van der Waals surface area contributed by atoms with Crippen molar-refractivity contribution in [2.24, 2.45) is 5.41 Å². The van der Waals surface area contributed by atoms with Crippen molar-refractivity contribution in [3.8, 4) is 5.75 Å². The molecule has 176 valence electrons. The molecule has 0 saturated carbocycles. The number of piperidine rings is 1. The van der Waals surface area contributed by atoms with E-state index < -0.39 is 0 Å². The molecule has 33 heavy (non-hydrogen) atoms. The summed E-state index contributed by atoms with van der Waals surface area (Å²) in [6, 6.07) is 13.2. The molecule has 2 aromatic carbocycles. The minimum atomic E-state index is -0.151. The molecule has 2 amide bonds. The molecule has 1 saturated heterocycles. The molecule has 1 spiro atoms. The van der Waals surface area contributed by atoms with Crippen LogP contribution in [0.4, 0.5) is 0 Å². The zero-order chi connectivity index (χ0) is 23.3. The van der Waals surface area contributed by atoms with Crippen LogP contribution in [0, 0.1) is 5.41 Å². The van der Waals surface area contributed by atoms with Crippen LogP contribution in [-0.2, 0) is 6.42 Å². The topological polar surface area (TPSA) is 58.6 Å². The maximum atomic E-state index is 13.0. The molecule has 6 heteroatoms. The summed E-state index contributed by atoms with van der Waals surface area (Å²) in [4.78, 5) is 28.0. The fraction of sp³-hybridized carbons (Fsp3) is 0.481. The van der Waals surface area contributed by atoms with E-state index in [-0.39, 0.29) is 17.2 Å². The second-order valence-electron chi connectivity index (χ2n) is 9.32. The third kappa shape index (κ3) is 5.70. The molecule has 0 bridgehead atoms. The van der Waals surface area contributed by atoms with Crippen molar-refractivity contribution in [3.63, 3.8) is 0 Å².